The zero-order valence-corrected chi connectivity index (χ0v) is 12.8. The van der Waals surface area contributed by atoms with Crippen LogP contribution in [-0.4, -0.2) is 49.4 Å². The number of likely N-dealkylation sites (tertiary alicyclic amines) is 1. The van der Waals surface area contributed by atoms with E-state index < -0.39 is 0 Å². The molecule has 1 heterocycles. The average Bonchev–Trinajstić information content (AvgIpc) is 3.38. The molecule has 3 aliphatic rings. The summed E-state index contributed by atoms with van der Waals surface area (Å²) in [5.74, 6) is 1.80. The molecule has 0 spiro atoms. The van der Waals surface area contributed by atoms with E-state index in [1.165, 1.54) is 25.7 Å². The second-order valence-electron chi connectivity index (χ2n) is 7.01. The standard InChI is InChI=1S/C16H27N3O2/c20-15(17-8-12-3-4-12)11-19-7-1-2-14(10-19)16(21)18-9-13-5-6-13/h12-14H,1-11H2,(H,17,20)(H,18,21)/t14-/m1/s1. The third-order valence-electron chi connectivity index (χ3n) is 4.79. The molecule has 0 bridgehead atoms. The molecular formula is C16H27N3O2. The van der Waals surface area contributed by atoms with Crippen LogP contribution < -0.4 is 10.6 Å². The Morgan fingerprint density at radius 2 is 1.62 bits per heavy atom. The van der Waals surface area contributed by atoms with E-state index in [4.69, 9.17) is 0 Å². The molecule has 2 saturated carbocycles. The lowest BCUT2D eigenvalue weighted by atomic mass is 9.97. The number of carbonyl (C=O) groups excluding carboxylic acids is 2. The summed E-state index contributed by atoms with van der Waals surface area (Å²) < 4.78 is 0. The van der Waals surface area contributed by atoms with Crippen molar-refractivity contribution in [2.45, 2.75) is 38.5 Å². The Morgan fingerprint density at radius 3 is 2.29 bits per heavy atom. The van der Waals surface area contributed by atoms with E-state index in [9.17, 15) is 9.59 Å². The highest BCUT2D eigenvalue weighted by Gasteiger charge is 2.29. The van der Waals surface area contributed by atoms with Gasteiger partial charge in [-0.2, -0.15) is 0 Å². The van der Waals surface area contributed by atoms with E-state index in [1.807, 2.05) is 0 Å². The number of nitrogens with one attached hydrogen (secondary N) is 2. The lowest BCUT2D eigenvalue weighted by Gasteiger charge is -2.31. The van der Waals surface area contributed by atoms with E-state index in [2.05, 4.69) is 15.5 Å². The van der Waals surface area contributed by atoms with E-state index in [-0.39, 0.29) is 17.7 Å². The van der Waals surface area contributed by atoms with Crippen LogP contribution in [0.1, 0.15) is 38.5 Å². The first-order valence-corrected chi connectivity index (χ1v) is 8.47. The fourth-order valence-corrected chi connectivity index (χ4v) is 2.96. The third kappa shape index (κ3) is 4.99. The van der Waals surface area contributed by atoms with Crippen molar-refractivity contribution < 1.29 is 9.59 Å². The lowest BCUT2D eigenvalue weighted by Crippen LogP contribution is -2.47. The van der Waals surface area contributed by atoms with Crippen molar-refractivity contribution in [3.8, 4) is 0 Å². The summed E-state index contributed by atoms with van der Waals surface area (Å²) in [4.78, 5) is 26.2. The molecule has 0 aromatic heterocycles. The number of hydrogen-bond acceptors (Lipinski definition) is 3. The molecule has 0 aromatic carbocycles. The first-order valence-electron chi connectivity index (χ1n) is 8.47. The fourth-order valence-electron chi connectivity index (χ4n) is 2.96. The lowest BCUT2D eigenvalue weighted by molar-refractivity contribution is -0.129. The van der Waals surface area contributed by atoms with Gasteiger partial charge in [-0.25, -0.2) is 0 Å². The Bertz CT molecular complexity index is 391. The fraction of sp³-hybridized carbons (Fsp3) is 0.875. The summed E-state index contributed by atoms with van der Waals surface area (Å²) in [6.45, 7) is 3.78. The third-order valence-corrected chi connectivity index (χ3v) is 4.79. The molecule has 118 valence electrons. The first-order chi connectivity index (χ1) is 10.2. The Balaban J connectivity index is 1.36. The normalized spacial score (nSPS) is 26.4. The van der Waals surface area contributed by atoms with Gasteiger partial charge in [0.25, 0.3) is 0 Å². The largest absolute Gasteiger partial charge is 0.356 e. The van der Waals surface area contributed by atoms with Crippen LogP contribution in [0.3, 0.4) is 0 Å². The molecule has 0 radical (unpaired) electrons. The highest BCUT2D eigenvalue weighted by atomic mass is 16.2. The minimum Gasteiger partial charge on any atom is -0.356 e. The van der Waals surface area contributed by atoms with Crippen LogP contribution in [0.4, 0.5) is 0 Å². The number of carbonyl (C=O) groups is 2. The quantitative estimate of drug-likeness (QED) is 0.728. The van der Waals surface area contributed by atoms with E-state index in [1.54, 1.807) is 0 Å². The molecule has 1 saturated heterocycles. The number of rotatable bonds is 7. The zero-order chi connectivity index (χ0) is 14.7. The van der Waals surface area contributed by atoms with Crippen molar-refractivity contribution in [3.05, 3.63) is 0 Å². The summed E-state index contributed by atoms with van der Waals surface area (Å²) in [5.41, 5.74) is 0. The molecule has 0 unspecified atom stereocenters. The summed E-state index contributed by atoms with van der Waals surface area (Å²) >= 11 is 0. The van der Waals surface area contributed by atoms with E-state index >= 15 is 0 Å². The number of nitrogens with zero attached hydrogens (tertiary/aromatic N) is 1. The van der Waals surface area contributed by atoms with Crippen LogP contribution >= 0.6 is 0 Å². The molecule has 5 nitrogen and oxygen atoms in total. The maximum absolute atomic E-state index is 12.1. The Hall–Kier alpha value is -1.10. The van der Waals surface area contributed by atoms with Crippen molar-refractivity contribution >= 4 is 11.8 Å². The zero-order valence-electron chi connectivity index (χ0n) is 12.8. The summed E-state index contributed by atoms with van der Waals surface area (Å²) in [6.07, 6.45) is 7.01. The van der Waals surface area contributed by atoms with Crippen LogP contribution in [0.2, 0.25) is 0 Å². The van der Waals surface area contributed by atoms with Gasteiger partial charge in [-0.3, -0.25) is 14.5 Å². The van der Waals surface area contributed by atoms with Gasteiger partial charge < -0.3 is 10.6 Å². The SMILES string of the molecule is O=C(CN1CCC[C@@H](C(=O)NCC2CC2)C1)NCC1CC1. The number of hydrogen-bond donors (Lipinski definition) is 2. The number of amides is 2. The van der Waals surface area contributed by atoms with Gasteiger partial charge in [-0.1, -0.05) is 0 Å². The van der Waals surface area contributed by atoms with Gasteiger partial charge >= 0.3 is 0 Å². The van der Waals surface area contributed by atoms with Gasteiger partial charge in [0.05, 0.1) is 12.5 Å². The van der Waals surface area contributed by atoms with Crippen molar-refractivity contribution in [2.24, 2.45) is 17.8 Å². The summed E-state index contributed by atoms with van der Waals surface area (Å²) in [6, 6.07) is 0. The monoisotopic (exact) mass is 293 g/mol. The molecule has 3 rings (SSSR count). The van der Waals surface area contributed by atoms with Gasteiger partial charge in [0.1, 0.15) is 0 Å². The molecule has 3 fully saturated rings. The smallest absolute Gasteiger partial charge is 0.234 e. The van der Waals surface area contributed by atoms with Gasteiger partial charge in [0, 0.05) is 19.6 Å². The van der Waals surface area contributed by atoms with Crippen LogP contribution in [0.5, 0.6) is 0 Å². The Morgan fingerprint density at radius 1 is 0.952 bits per heavy atom. The topological polar surface area (TPSA) is 61.4 Å². The Labute approximate surface area is 126 Å². The van der Waals surface area contributed by atoms with Crippen LogP contribution in [0.25, 0.3) is 0 Å². The van der Waals surface area contributed by atoms with Crippen molar-refractivity contribution in [1.82, 2.24) is 15.5 Å². The van der Waals surface area contributed by atoms with Crippen LogP contribution in [0, 0.1) is 17.8 Å². The molecular weight excluding hydrogens is 266 g/mol. The second kappa shape index (κ2) is 6.77. The molecule has 1 atom stereocenters. The maximum atomic E-state index is 12.1. The molecule has 21 heavy (non-hydrogen) atoms. The van der Waals surface area contributed by atoms with Crippen molar-refractivity contribution in [2.75, 3.05) is 32.7 Å². The second-order valence-corrected chi connectivity index (χ2v) is 7.01. The first kappa shape index (κ1) is 14.8. The van der Waals surface area contributed by atoms with Crippen molar-refractivity contribution in [3.63, 3.8) is 0 Å². The van der Waals surface area contributed by atoms with E-state index in [0.29, 0.717) is 6.54 Å². The number of piperidine rings is 1. The molecule has 0 aromatic rings. The minimum atomic E-state index is 0.0636. The van der Waals surface area contributed by atoms with Crippen LogP contribution in [-0.2, 0) is 9.59 Å². The van der Waals surface area contributed by atoms with E-state index in [0.717, 1.165) is 50.9 Å². The maximum Gasteiger partial charge on any atom is 0.234 e. The predicted molar refractivity (Wildman–Crippen MR) is 80.6 cm³/mol. The highest BCUT2D eigenvalue weighted by molar-refractivity contribution is 5.80. The van der Waals surface area contributed by atoms with Gasteiger partial charge in [-0.15, -0.1) is 0 Å². The summed E-state index contributed by atoms with van der Waals surface area (Å²) in [5, 5.41) is 6.07. The molecule has 2 aliphatic carbocycles. The van der Waals surface area contributed by atoms with Gasteiger partial charge in [0.15, 0.2) is 0 Å². The molecule has 1 aliphatic heterocycles. The van der Waals surface area contributed by atoms with Gasteiger partial charge in [-0.05, 0) is 56.9 Å². The minimum absolute atomic E-state index is 0.0636. The predicted octanol–water partition coefficient (Wildman–Crippen LogP) is 0.751. The van der Waals surface area contributed by atoms with Gasteiger partial charge in [0.2, 0.25) is 11.8 Å². The Kier molecular flexibility index (Phi) is 4.78. The summed E-state index contributed by atoms with van der Waals surface area (Å²) in [7, 11) is 0. The highest BCUT2D eigenvalue weighted by Crippen LogP contribution is 2.28. The molecule has 2 amide bonds. The van der Waals surface area contributed by atoms with Crippen LogP contribution in [0.15, 0.2) is 0 Å². The molecule has 2 N–H and O–H groups in total. The van der Waals surface area contributed by atoms with Crippen molar-refractivity contribution in [1.29, 1.82) is 0 Å². The molecule has 5 heteroatoms. The average molecular weight is 293 g/mol.